The van der Waals surface area contributed by atoms with E-state index in [1.165, 1.54) is 47.7 Å². The molecule has 0 bridgehead atoms. The Morgan fingerprint density at radius 3 is 1.88 bits per heavy atom. The molecule has 4 aromatic rings. The fourth-order valence-electron chi connectivity index (χ4n) is 2.81. The van der Waals surface area contributed by atoms with Crippen LogP contribution in [0, 0.1) is 20.2 Å². The van der Waals surface area contributed by atoms with Crippen molar-refractivity contribution in [1.82, 2.24) is 10.2 Å². The van der Waals surface area contributed by atoms with Crippen molar-refractivity contribution in [2.45, 2.75) is 0 Å². The smallest absolute Gasteiger partial charge is 0.269 e. The lowest BCUT2D eigenvalue weighted by atomic mass is 10.1. The van der Waals surface area contributed by atoms with E-state index >= 15 is 0 Å². The van der Waals surface area contributed by atoms with Gasteiger partial charge in [0.2, 0.25) is 5.13 Å². The number of hydrogen-bond acceptors (Lipinski definition) is 9. The maximum atomic E-state index is 12.3. The summed E-state index contributed by atoms with van der Waals surface area (Å²) < 4.78 is 0. The van der Waals surface area contributed by atoms with Crippen LogP contribution in [0.3, 0.4) is 0 Å². The predicted octanol–water partition coefficient (Wildman–Crippen LogP) is 5.02. The van der Waals surface area contributed by atoms with Crippen molar-refractivity contribution in [3.63, 3.8) is 0 Å². The molecule has 33 heavy (non-hydrogen) atoms. The standard InChI is InChI=1S/C21H14N6O5S/c28-19(13-3-9-17(10-4-13)26(29)30)22-15-5-1-14(2-6-15)20-24-25-21(33-20)23-16-7-11-18(12-8-16)27(31)32/h1-12H,(H,22,28)(H,23,25). The monoisotopic (exact) mass is 462 g/mol. The molecule has 2 N–H and O–H groups in total. The normalized spacial score (nSPS) is 10.4. The summed E-state index contributed by atoms with van der Waals surface area (Å²) in [4.78, 5) is 32.8. The number of hydrogen-bond donors (Lipinski definition) is 2. The average molecular weight is 462 g/mol. The molecule has 3 aromatic carbocycles. The van der Waals surface area contributed by atoms with Crippen molar-refractivity contribution in [2.24, 2.45) is 0 Å². The van der Waals surface area contributed by atoms with E-state index in [9.17, 15) is 25.0 Å². The first-order valence-corrected chi connectivity index (χ1v) is 10.2. The van der Waals surface area contributed by atoms with E-state index in [1.54, 1.807) is 36.4 Å². The molecule has 1 aromatic heterocycles. The Kier molecular flexibility index (Phi) is 6.00. The van der Waals surface area contributed by atoms with Gasteiger partial charge >= 0.3 is 0 Å². The predicted molar refractivity (Wildman–Crippen MR) is 123 cm³/mol. The number of non-ortho nitro benzene ring substituents is 2. The molecule has 0 radical (unpaired) electrons. The molecule has 4 rings (SSSR count). The third-order valence-electron chi connectivity index (χ3n) is 4.48. The van der Waals surface area contributed by atoms with Gasteiger partial charge in [0.25, 0.3) is 17.3 Å². The number of anilines is 3. The van der Waals surface area contributed by atoms with Crippen LogP contribution in [0.15, 0.2) is 72.8 Å². The van der Waals surface area contributed by atoms with Crippen LogP contribution in [0.4, 0.5) is 27.9 Å². The molecule has 0 saturated carbocycles. The summed E-state index contributed by atoms with van der Waals surface area (Å²) in [7, 11) is 0. The maximum Gasteiger partial charge on any atom is 0.269 e. The zero-order chi connectivity index (χ0) is 23.4. The first-order valence-electron chi connectivity index (χ1n) is 9.40. The highest BCUT2D eigenvalue weighted by Crippen LogP contribution is 2.29. The van der Waals surface area contributed by atoms with Crippen LogP contribution >= 0.6 is 11.3 Å². The Morgan fingerprint density at radius 1 is 0.758 bits per heavy atom. The van der Waals surface area contributed by atoms with Gasteiger partial charge < -0.3 is 10.6 Å². The summed E-state index contributed by atoms with van der Waals surface area (Å²) in [5.74, 6) is -0.386. The van der Waals surface area contributed by atoms with Crippen LogP contribution in [-0.2, 0) is 0 Å². The molecule has 11 nitrogen and oxygen atoms in total. The Morgan fingerprint density at radius 2 is 1.30 bits per heavy atom. The lowest BCUT2D eigenvalue weighted by molar-refractivity contribution is -0.385. The molecule has 0 unspecified atom stereocenters. The van der Waals surface area contributed by atoms with Crippen molar-refractivity contribution >= 4 is 45.1 Å². The van der Waals surface area contributed by atoms with Crippen molar-refractivity contribution in [3.8, 4) is 10.6 Å². The fraction of sp³-hybridized carbons (Fsp3) is 0. The molecule has 0 aliphatic carbocycles. The van der Waals surface area contributed by atoms with Crippen LogP contribution in [-0.4, -0.2) is 26.0 Å². The van der Waals surface area contributed by atoms with Crippen LogP contribution in [0.2, 0.25) is 0 Å². The van der Waals surface area contributed by atoms with Crippen molar-refractivity contribution in [3.05, 3.63) is 98.6 Å². The van der Waals surface area contributed by atoms with Crippen LogP contribution in [0.1, 0.15) is 10.4 Å². The maximum absolute atomic E-state index is 12.3. The van der Waals surface area contributed by atoms with Gasteiger partial charge in [-0.15, -0.1) is 10.2 Å². The van der Waals surface area contributed by atoms with E-state index in [2.05, 4.69) is 20.8 Å². The number of nitro benzene ring substituents is 2. The Labute approximate surface area is 190 Å². The number of nitrogens with one attached hydrogen (secondary N) is 2. The average Bonchev–Trinajstić information content (AvgIpc) is 3.28. The van der Waals surface area contributed by atoms with Gasteiger partial charge in [-0.05, 0) is 48.5 Å². The molecule has 0 atom stereocenters. The zero-order valence-electron chi connectivity index (χ0n) is 16.7. The Hall–Kier alpha value is -4.71. The number of benzene rings is 3. The van der Waals surface area contributed by atoms with Gasteiger partial charge in [-0.25, -0.2) is 0 Å². The molecule has 0 aliphatic heterocycles. The number of carbonyl (C=O) groups is 1. The van der Waals surface area contributed by atoms with Crippen molar-refractivity contribution in [1.29, 1.82) is 0 Å². The van der Waals surface area contributed by atoms with E-state index < -0.39 is 9.85 Å². The third kappa shape index (κ3) is 5.14. The van der Waals surface area contributed by atoms with Crippen LogP contribution < -0.4 is 10.6 Å². The van der Waals surface area contributed by atoms with Crippen LogP contribution in [0.25, 0.3) is 10.6 Å². The third-order valence-corrected chi connectivity index (χ3v) is 5.37. The van der Waals surface area contributed by atoms with Gasteiger partial charge in [0.15, 0.2) is 0 Å². The Balaban J connectivity index is 1.40. The molecule has 1 amide bonds. The number of aromatic nitrogens is 2. The highest BCUT2D eigenvalue weighted by molar-refractivity contribution is 7.18. The minimum atomic E-state index is -0.527. The van der Waals surface area contributed by atoms with Gasteiger partial charge in [-0.3, -0.25) is 25.0 Å². The van der Waals surface area contributed by atoms with Gasteiger partial charge in [0, 0.05) is 46.8 Å². The van der Waals surface area contributed by atoms with Gasteiger partial charge in [-0.1, -0.05) is 11.3 Å². The quantitative estimate of drug-likeness (QED) is 0.287. The van der Waals surface area contributed by atoms with Gasteiger partial charge in [-0.2, -0.15) is 0 Å². The van der Waals surface area contributed by atoms with Gasteiger partial charge in [0.1, 0.15) is 5.01 Å². The highest BCUT2D eigenvalue weighted by atomic mass is 32.1. The molecule has 12 heteroatoms. The topological polar surface area (TPSA) is 153 Å². The molecule has 0 spiro atoms. The zero-order valence-corrected chi connectivity index (χ0v) is 17.5. The number of amides is 1. The van der Waals surface area contributed by atoms with Crippen molar-refractivity contribution < 1.29 is 14.6 Å². The molecular weight excluding hydrogens is 448 g/mol. The van der Waals surface area contributed by atoms with Crippen LogP contribution in [0.5, 0.6) is 0 Å². The number of nitro groups is 2. The van der Waals surface area contributed by atoms with E-state index in [-0.39, 0.29) is 17.3 Å². The second-order valence-electron chi connectivity index (χ2n) is 6.68. The summed E-state index contributed by atoms with van der Waals surface area (Å²) in [5, 5.41) is 36.6. The second-order valence-corrected chi connectivity index (χ2v) is 7.65. The SMILES string of the molecule is O=C(Nc1ccc(-c2nnc(Nc3ccc([N+](=O)[O-])cc3)s2)cc1)c1ccc([N+](=O)[O-])cc1. The minimum absolute atomic E-state index is 0.000683. The number of carbonyl (C=O) groups excluding carboxylic acids is 1. The summed E-state index contributed by atoms with van der Waals surface area (Å²) in [6, 6.07) is 18.3. The van der Waals surface area contributed by atoms with Crippen molar-refractivity contribution in [2.75, 3.05) is 10.6 Å². The lowest BCUT2D eigenvalue weighted by Gasteiger charge is -2.06. The molecule has 0 saturated heterocycles. The molecule has 164 valence electrons. The largest absolute Gasteiger partial charge is 0.330 e. The summed E-state index contributed by atoms with van der Waals surface area (Å²) in [6.45, 7) is 0. The molecular formula is C21H14N6O5S. The van der Waals surface area contributed by atoms with E-state index in [1.807, 2.05) is 0 Å². The van der Waals surface area contributed by atoms with E-state index in [4.69, 9.17) is 0 Å². The first-order chi connectivity index (χ1) is 15.9. The number of rotatable bonds is 7. The summed E-state index contributed by atoms with van der Waals surface area (Å²) >= 11 is 1.30. The Bertz CT molecular complexity index is 1320. The summed E-state index contributed by atoms with van der Waals surface area (Å²) in [6.07, 6.45) is 0. The lowest BCUT2D eigenvalue weighted by Crippen LogP contribution is -2.11. The minimum Gasteiger partial charge on any atom is -0.330 e. The fourth-order valence-corrected chi connectivity index (χ4v) is 3.58. The number of nitrogens with zero attached hydrogens (tertiary/aromatic N) is 4. The van der Waals surface area contributed by atoms with Gasteiger partial charge in [0.05, 0.1) is 9.85 Å². The molecule has 0 aliphatic rings. The molecule has 1 heterocycles. The highest BCUT2D eigenvalue weighted by Gasteiger charge is 2.11. The van der Waals surface area contributed by atoms with E-state index in [0.717, 1.165) is 5.56 Å². The second kappa shape index (κ2) is 9.20. The first kappa shape index (κ1) is 21.5. The molecule has 0 fully saturated rings. The summed E-state index contributed by atoms with van der Waals surface area (Å²) in [5.41, 5.74) is 2.20. The van der Waals surface area contributed by atoms with E-state index in [0.29, 0.717) is 27.1 Å².